The highest BCUT2D eigenvalue weighted by Crippen LogP contribution is 2.28. The monoisotopic (exact) mass is 254 g/mol. The van der Waals surface area contributed by atoms with E-state index in [4.69, 9.17) is 0 Å². The minimum absolute atomic E-state index is 0.0751. The lowest BCUT2D eigenvalue weighted by atomic mass is 9.81. The second-order valence-corrected chi connectivity index (χ2v) is 5.91. The lowest BCUT2D eigenvalue weighted by Crippen LogP contribution is -2.41. The predicted molar refractivity (Wildman–Crippen MR) is 76.7 cm³/mol. The molecule has 106 valence electrons. The first-order valence-electron chi connectivity index (χ1n) is 7.52. The molecule has 0 radical (unpaired) electrons. The van der Waals surface area contributed by atoms with E-state index in [1.807, 2.05) is 13.8 Å². The van der Waals surface area contributed by atoms with E-state index in [1.54, 1.807) is 0 Å². The molecule has 0 aromatic heterocycles. The van der Waals surface area contributed by atoms with Crippen LogP contribution in [-0.2, 0) is 4.79 Å². The van der Waals surface area contributed by atoms with Gasteiger partial charge in [-0.25, -0.2) is 0 Å². The lowest BCUT2D eigenvalue weighted by molar-refractivity contribution is -0.124. The van der Waals surface area contributed by atoms with Gasteiger partial charge >= 0.3 is 0 Å². The Labute approximate surface area is 112 Å². The summed E-state index contributed by atoms with van der Waals surface area (Å²) in [5.74, 6) is 1.25. The van der Waals surface area contributed by atoms with Crippen LogP contribution in [0.3, 0.4) is 0 Å². The lowest BCUT2D eigenvalue weighted by Gasteiger charge is -2.31. The third kappa shape index (κ3) is 4.69. The second kappa shape index (κ2) is 7.90. The average molecular weight is 254 g/mol. The van der Waals surface area contributed by atoms with Gasteiger partial charge in [-0.05, 0) is 51.6 Å². The first-order chi connectivity index (χ1) is 8.58. The number of carbonyl (C=O) groups is 1. The standard InChI is InChI=1S/C15H30N2O/c1-5-17-14(15(18)11(2)3)10-12-6-8-13(16-4)9-7-12/h11-14,16-17H,5-10H2,1-4H3. The molecule has 0 bridgehead atoms. The van der Waals surface area contributed by atoms with Crippen molar-refractivity contribution in [2.75, 3.05) is 13.6 Å². The minimum atomic E-state index is 0.0751. The topological polar surface area (TPSA) is 41.1 Å². The molecule has 3 heteroatoms. The summed E-state index contributed by atoms with van der Waals surface area (Å²) < 4.78 is 0. The van der Waals surface area contributed by atoms with Gasteiger partial charge in [0.2, 0.25) is 0 Å². The zero-order chi connectivity index (χ0) is 13.5. The van der Waals surface area contributed by atoms with Crippen LogP contribution >= 0.6 is 0 Å². The van der Waals surface area contributed by atoms with E-state index in [2.05, 4.69) is 24.6 Å². The van der Waals surface area contributed by atoms with E-state index in [0.717, 1.165) is 18.9 Å². The number of ketones is 1. The summed E-state index contributed by atoms with van der Waals surface area (Å²) in [6.45, 7) is 6.97. The Morgan fingerprint density at radius 2 is 1.83 bits per heavy atom. The van der Waals surface area contributed by atoms with Gasteiger partial charge in [-0.1, -0.05) is 20.8 Å². The maximum atomic E-state index is 12.2. The highest BCUT2D eigenvalue weighted by molar-refractivity contribution is 5.85. The van der Waals surface area contributed by atoms with Crippen LogP contribution in [0.1, 0.15) is 52.9 Å². The highest BCUT2D eigenvalue weighted by atomic mass is 16.1. The van der Waals surface area contributed by atoms with Gasteiger partial charge in [0.05, 0.1) is 6.04 Å². The van der Waals surface area contributed by atoms with Crippen molar-refractivity contribution in [3.63, 3.8) is 0 Å². The quantitative estimate of drug-likeness (QED) is 0.733. The smallest absolute Gasteiger partial charge is 0.152 e. The number of Topliss-reactive ketones (excluding diaryl/α,β-unsaturated/α-hetero) is 1. The molecule has 3 nitrogen and oxygen atoms in total. The average Bonchev–Trinajstić information content (AvgIpc) is 2.38. The first-order valence-corrected chi connectivity index (χ1v) is 7.52. The molecule has 1 unspecified atom stereocenters. The number of hydrogen-bond donors (Lipinski definition) is 2. The van der Waals surface area contributed by atoms with Crippen molar-refractivity contribution < 1.29 is 4.79 Å². The van der Waals surface area contributed by atoms with Crippen molar-refractivity contribution in [1.29, 1.82) is 0 Å². The molecule has 0 heterocycles. The minimum Gasteiger partial charge on any atom is -0.317 e. The normalized spacial score (nSPS) is 26.3. The number of nitrogens with one attached hydrogen (secondary N) is 2. The molecular formula is C15H30N2O. The molecule has 0 amide bonds. The SMILES string of the molecule is CCNC(CC1CCC(NC)CC1)C(=O)C(C)C. The van der Waals surface area contributed by atoms with Crippen LogP contribution in [0.2, 0.25) is 0 Å². The summed E-state index contributed by atoms with van der Waals surface area (Å²) in [7, 11) is 2.05. The van der Waals surface area contributed by atoms with E-state index in [0.29, 0.717) is 11.8 Å². The summed E-state index contributed by atoms with van der Waals surface area (Å²) >= 11 is 0. The fourth-order valence-corrected chi connectivity index (χ4v) is 2.97. The predicted octanol–water partition coefficient (Wildman–Crippen LogP) is 2.36. The Hall–Kier alpha value is -0.410. The van der Waals surface area contributed by atoms with Gasteiger partial charge in [-0.2, -0.15) is 0 Å². The summed E-state index contributed by atoms with van der Waals surface area (Å²) in [5.41, 5.74) is 0. The Kier molecular flexibility index (Phi) is 6.87. The third-order valence-electron chi connectivity index (χ3n) is 4.19. The Bertz CT molecular complexity index is 245. The molecule has 1 saturated carbocycles. The molecule has 0 saturated heterocycles. The van der Waals surface area contributed by atoms with E-state index in [1.165, 1.54) is 25.7 Å². The molecule has 1 fully saturated rings. The second-order valence-electron chi connectivity index (χ2n) is 5.91. The van der Waals surface area contributed by atoms with Crippen LogP contribution in [0.15, 0.2) is 0 Å². The molecule has 1 rings (SSSR count). The van der Waals surface area contributed by atoms with Gasteiger partial charge in [-0.3, -0.25) is 4.79 Å². The van der Waals surface area contributed by atoms with Gasteiger partial charge in [0.15, 0.2) is 5.78 Å². The summed E-state index contributed by atoms with van der Waals surface area (Å²) in [6, 6.07) is 0.769. The summed E-state index contributed by atoms with van der Waals surface area (Å²) in [4.78, 5) is 12.2. The number of rotatable bonds is 7. The largest absolute Gasteiger partial charge is 0.317 e. The van der Waals surface area contributed by atoms with Crippen molar-refractivity contribution in [2.45, 2.75) is 65.0 Å². The fourth-order valence-electron chi connectivity index (χ4n) is 2.97. The number of carbonyl (C=O) groups excluding carboxylic acids is 1. The molecule has 0 aliphatic heterocycles. The Morgan fingerprint density at radius 3 is 2.28 bits per heavy atom. The van der Waals surface area contributed by atoms with Crippen molar-refractivity contribution in [1.82, 2.24) is 10.6 Å². The molecular weight excluding hydrogens is 224 g/mol. The van der Waals surface area contributed by atoms with Gasteiger partial charge in [0.25, 0.3) is 0 Å². The zero-order valence-corrected chi connectivity index (χ0v) is 12.5. The van der Waals surface area contributed by atoms with Crippen molar-refractivity contribution in [3.05, 3.63) is 0 Å². The van der Waals surface area contributed by atoms with Crippen LogP contribution in [0.25, 0.3) is 0 Å². The van der Waals surface area contributed by atoms with Crippen molar-refractivity contribution in [3.8, 4) is 0 Å². The number of likely N-dealkylation sites (N-methyl/N-ethyl adjacent to an activating group) is 1. The maximum Gasteiger partial charge on any atom is 0.152 e. The maximum absolute atomic E-state index is 12.2. The third-order valence-corrected chi connectivity index (χ3v) is 4.19. The van der Waals surface area contributed by atoms with E-state index >= 15 is 0 Å². The Balaban J connectivity index is 2.44. The van der Waals surface area contributed by atoms with E-state index < -0.39 is 0 Å². The van der Waals surface area contributed by atoms with Gasteiger partial charge < -0.3 is 10.6 Å². The zero-order valence-electron chi connectivity index (χ0n) is 12.5. The van der Waals surface area contributed by atoms with Crippen LogP contribution in [-0.4, -0.2) is 31.5 Å². The van der Waals surface area contributed by atoms with Crippen LogP contribution in [0.5, 0.6) is 0 Å². The molecule has 0 aromatic rings. The van der Waals surface area contributed by atoms with Crippen LogP contribution in [0.4, 0.5) is 0 Å². The molecule has 0 aromatic carbocycles. The molecule has 2 N–H and O–H groups in total. The van der Waals surface area contributed by atoms with Crippen LogP contribution < -0.4 is 10.6 Å². The van der Waals surface area contributed by atoms with Crippen molar-refractivity contribution in [2.24, 2.45) is 11.8 Å². The highest BCUT2D eigenvalue weighted by Gasteiger charge is 2.27. The van der Waals surface area contributed by atoms with Crippen molar-refractivity contribution >= 4 is 5.78 Å². The van der Waals surface area contributed by atoms with E-state index in [-0.39, 0.29) is 12.0 Å². The first kappa shape index (κ1) is 15.6. The molecule has 18 heavy (non-hydrogen) atoms. The van der Waals surface area contributed by atoms with Crippen LogP contribution in [0, 0.1) is 11.8 Å². The molecule has 1 atom stereocenters. The number of hydrogen-bond acceptors (Lipinski definition) is 3. The summed E-state index contributed by atoms with van der Waals surface area (Å²) in [5, 5.41) is 6.73. The molecule has 1 aliphatic rings. The van der Waals surface area contributed by atoms with E-state index in [9.17, 15) is 4.79 Å². The fraction of sp³-hybridized carbons (Fsp3) is 0.933. The van der Waals surface area contributed by atoms with Gasteiger partial charge in [-0.15, -0.1) is 0 Å². The summed E-state index contributed by atoms with van der Waals surface area (Å²) in [6.07, 6.45) is 6.07. The van der Waals surface area contributed by atoms with Gasteiger partial charge in [0.1, 0.15) is 0 Å². The molecule has 1 aliphatic carbocycles. The Morgan fingerprint density at radius 1 is 1.22 bits per heavy atom. The molecule has 0 spiro atoms. The van der Waals surface area contributed by atoms with Gasteiger partial charge in [0, 0.05) is 12.0 Å².